The Kier molecular flexibility index (Phi) is 10.3. The first kappa shape index (κ1) is 21.2. The average Bonchev–Trinajstić information content (AvgIpc) is 2.97. The van der Waals surface area contributed by atoms with Crippen LogP contribution in [0.5, 0.6) is 0 Å². The van der Waals surface area contributed by atoms with Gasteiger partial charge in [-0.15, -0.1) is 35.3 Å². The molecule has 0 aliphatic carbocycles. The molecule has 132 valence electrons. The number of aromatic nitrogens is 1. The number of nitrogens with zero attached hydrogens (tertiary/aromatic N) is 2. The van der Waals surface area contributed by atoms with E-state index in [-0.39, 0.29) is 24.0 Å². The minimum Gasteiger partial charge on any atom is -0.356 e. The third-order valence-corrected chi connectivity index (χ3v) is 4.65. The number of guanidine groups is 1. The number of aliphatic imine (C=N–C) groups is 1. The van der Waals surface area contributed by atoms with Crippen molar-refractivity contribution in [3.63, 3.8) is 0 Å². The number of aryl methyl sites for hydroxylation is 2. The maximum absolute atomic E-state index is 5.89. The summed E-state index contributed by atoms with van der Waals surface area (Å²) in [4.78, 5) is 8.72. The minimum absolute atomic E-state index is 0. The normalized spacial score (nSPS) is 11.0. The summed E-state index contributed by atoms with van der Waals surface area (Å²) in [5.41, 5.74) is 2.30. The molecule has 0 saturated carbocycles. The number of nitrogens with one attached hydrogen (secondary N) is 2. The second kappa shape index (κ2) is 11.7. The van der Waals surface area contributed by atoms with E-state index < -0.39 is 0 Å². The van der Waals surface area contributed by atoms with Crippen LogP contribution in [0.4, 0.5) is 0 Å². The van der Waals surface area contributed by atoms with E-state index >= 15 is 0 Å². The van der Waals surface area contributed by atoms with Crippen LogP contribution in [0.3, 0.4) is 0 Å². The highest BCUT2D eigenvalue weighted by Crippen LogP contribution is 2.11. The first-order valence-corrected chi connectivity index (χ1v) is 9.03. The van der Waals surface area contributed by atoms with Crippen LogP contribution in [0.15, 0.2) is 34.6 Å². The fourth-order valence-electron chi connectivity index (χ4n) is 2.13. The van der Waals surface area contributed by atoms with Gasteiger partial charge in [-0.2, -0.15) is 0 Å². The molecule has 0 radical (unpaired) electrons. The molecule has 0 atom stereocenters. The molecular formula is C17H24ClIN4S. The smallest absolute Gasteiger partial charge is 0.191 e. The summed E-state index contributed by atoms with van der Waals surface area (Å²) in [6.07, 6.45) is 3.28. The highest BCUT2D eigenvalue weighted by Gasteiger charge is 2.00. The van der Waals surface area contributed by atoms with Crippen LogP contribution in [0.1, 0.15) is 29.1 Å². The van der Waals surface area contributed by atoms with Crippen molar-refractivity contribution >= 4 is 52.9 Å². The lowest BCUT2D eigenvalue weighted by Gasteiger charge is -2.11. The molecule has 0 aliphatic heterocycles. The fraction of sp³-hybridized carbons (Fsp3) is 0.412. The zero-order chi connectivity index (χ0) is 16.5. The first-order valence-electron chi connectivity index (χ1n) is 7.77. The third-order valence-electron chi connectivity index (χ3n) is 3.37. The molecule has 0 spiro atoms. The van der Waals surface area contributed by atoms with E-state index in [0.717, 1.165) is 49.0 Å². The summed E-state index contributed by atoms with van der Waals surface area (Å²) in [6, 6.07) is 7.82. The molecule has 0 aliphatic rings. The molecule has 2 aromatic rings. The molecule has 0 bridgehead atoms. The average molecular weight is 479 g/mol. The van der Waals surface area contributed by atoms with Gasteiger partial charge in [-0.25, -0.2) is 4.98 Å². The lowest BCUT2D eigenvalue weighted by molar-refractivity contribution is 0.692. The Labute approximate surface area is 170 Å². The van der Waals surface area contributed by atoms with Crippen molar-refractivity contribution < 1.29 is 0 Å². The van der Waals surface area contributed by atoms with E-state index in [1.807, 2.05) is 31.2 Å². The van der Waals surface area contributed by atoms with E-state index in [1.54, 1.807) is 18.4 Å². The van der Waals surface area contributed by atoms with Gasteiger partial charge >= 0.3 is 0 Å². The van der Waals surface area contributed by atoms with Crippen LogP contribution < -0.4 is 10.6 Å². The van der Waals surface area contributed by atoms with Crippen LogP contribution in [-0.2, 0) is 13.0 Å². The Bertz CT molecular complexity index is 628. The van der Waals surface area contributed by atoms with Crippen molar-refractivity contribution in [2.24, 2.45) is 4.99 Å². The van der Waals surface area contributed by atoms with E-state index in [4.69, 9.17) is 11.6 Å². The van der Waals surface area contributed by atoms with Crippen LogP contribution in [-0.4, -0.2) is 24.5 Å². The van der Waals surface area contributed by atoms with E-state index in [2.05, 4.69) is 26.0 Å². The molecular weight excluding hydrogens is 455 g/mol. The molecule has 1 aromatic heterocycles. The Morgan fingerprint density at radius 3 is 2.58 bits per heavy atom. The number of rotatable bonds is 7. The summed E-state index contributed by atoms with van der Waals surface area (Å²) < 4.78 is 0. The molecule has 0 unspecified atom stereocenters. The van der Waals surface area contributed by atoms with Gasteiger partial charge in [0.15, 0.2) is 5.96 Å². The van der Waals surface area contributed by atoms with Crippen LogP contribution in [0.2, 0.25) is 5.02 Å². The van der Waals surface area contributed by atoms with Crippen molar-refractivity contribution in [2.45, 2.75) is 32.7 Å². The molecule has 1 aromatic carbocycles. The van der Waals surface area contributed by atoms with Gasteiger partial charge in [0, 0.05) is 36.2 Å². The monoisotopic (exact) mass is 478 g/mol. The minimum atomic E-state index is 0. The Hall–Kier alpha value is -0.860. The molecule has 2 N–H and O–H groups in total. The summed E-state index contributed by atoms with van der Waals surface area (Å²) in [7, 11) is 1.79. The van der Waals surface area contributed by atoms with Crippen molar-refractivity contribution in [3.05, 3.63) is 50.9 Å². The lowest BCUT2D eigenvalue weighted by Crippen LogP contribution is -2.37. The fourth-order valence-corrected chi connectivity index (χ4v) is 3.08. The van der Waals surface area contributed by atoms with Crippen LogP contribution in [0.25, 0.3) is 0 Å². The molecule has 24 heavy (non-hydrogen) atoms. The summed E-state index contributed by atoms with van der Waals surface area (Å²) >= 11 is 7.63. The number of thiazole rings is 1. The van der Waals surface area contributed by atoms with Crippen LogP contribution in [0, 0.1) is 6.92 Å². The van der Waals surface area contributed by atoms with Gasteiger partial charge in [0.05, 0.1) is 5.01 Å². The van der Waals surface area contributed by atoms with Crippen molar-refractivity contribution in [1.29, 1.82) is 0 Å². The topological polar surface area (TPSA) is 49.3 Å². The molecule has 7 heteroatoms. The third kappa shape index (κ3) is 7.81. The highest BCUT2D eigenvalue weighted by molar-refractivity contribution is 14.0. The predicted molar refractivity (Wildman–Crippen MR) is 115 cm³/mol. The van der Waals surface area contributed by atoms with Gasteiger partial charge in [-0.05, 0) is 43.9 Å². The van der Waals surface area contributed by atoms with Crippen molar-refractivity contribution in [2.75, 3.05) is 13.6 Å². The molecule has 0 saturated heterocycles. The number of benzene rings is 1. The second-order valence-electron chi connectivity index (χ2n) is 5.32. The number of halogens is 2. The summed E-state index contributed by atoms with van der Waals surface area (Å²) in [6.45, 7) is 3.68. The number of unbranched alkanes of at least 4 members (excludes halogenated alkanes) is 1. The van der Waals surface area contributed by atoms with E-state index in [1.165, 1.54) is 10.6 Å². The number of hydrogen-bond acceptors (Lipinski definition) is 3. The van der Waals surface area contributed by atoms with E-state index in [0.29, 0.717) is 0 Å². The standard InChI is InChI=1S/C17H23ClN4S.HI/c1-13-12-23-16(22-13)5-3-4-10-20-17(19-2)21-11-14-6-8-15(18)9-7-14;/h6-9,12H,3-5,10-11H2,1-2H3,(H2,19,20,21);1H. The molecule has 0 amide bonds. The van der Waals surface area contributed by atoms with Gasteiger partial charge in [-0.1, -0.05) is 23.7 Å². The Morgan fingerprint density at radius 2 is 1.96 bits per heavy atom. The zero-order valence-corrected chi connectivity index (χ0v) is 17.9. The van der Waals surface area contributed by atoms with Gasteiger partial charge < -0.3 is 10.6 Å². The highest BCUT2D eigenvalue weighted by atomic mass is 127. The summed E-state index contributed by atoms with van der Waals surface area (Å²) in [5.74, 6) is 0.824. The van der Waals surface area contributed by atoms with Crippen LogP contribution >= 0.6 is 46.9 Å². The first-order chi connectivity index (χ1) is 11.2. The predicted octanol–water partition coefficient (Wildman–Crippen LogP) is 4.41. The van der Waals surface area contributed by atoms with Crippen molar-refractivity contribution in [1.82, 2.24) is 15.6 Å². The van der Waals surface area contributed by atoms with E-state index in [9.17, 15) is 0 Å². The molecule has 0 fully saturated rings. The summed E-state index contributed by atoms with van der Waals surface area (Å²) in [5, 5.41) is 10.7. The molecule has 1 heterocycles. The Morgan fingerprint density at radius 1 is 1.21 bits per heavy atom. The largest absolute Gasteiger partial charge is 0.356 e. The van der Waals surface area contributed by atoms with Gasteiger partial charge in [0.2, 0.25) is 0 Å². The van der Waals surface area contributed by atoms with Crippen molar-refractivity contribution in [3.8, 4) is 0 Å². The number of hydrogen-bond donors (Lipinski definition) is 2. The SMILES string of the molecule is CN=C(NCCCCc1nc(C)cs1)NCc1ccc(Cl)cc1.I. The maximum atomic E-state index is 5.89. The zero-order valence-electron chi connectivity index (χ0n) is 14.0. The van der Waals surface area contributed by atoms with Gasteiger partial charge in [0.25, 0.3) is 0 Å². The maximum Gasteiger partial charge on any atom is 0.191 e. The Balaban J connectivity index is 0.00000288. The molecule has 4 nitrogen and oxygen atoms in total. The van der Waals surface area contributed by atoms with Gasteiger partial charge in [-0.3, -0.25) is 4.99 Å². The second-order valence-corrected chi connectivity index (χ2v) is 6.70. The van der Waals surface area contributed by atoms with Gasteiger partial charge in [0.1, 0.15) is 0 Å². The molecule has 2 rings (SSSR count). The lowest BCUT2D eigenvalue weighted by atomic mass is 10.2. The quantitative estimate of drug-likeness (QED) is 0.268.